The number of alkyl halides is 3. The van der Waals surface area contributed by atoms with Crippen molar-refractivity contribution in [2.24, 2.45) is 0 Å². The zero-order valence-corrected chi connectivity index (χ0v) is 8.46. The first-order chi connectivity index (χ1) is 7.92. The molecule has 0 fully saturated rings. The number of halogens is 4. The van der Waals surface area contributed by atoms with Gasteiger partial charge in [-0.2, -0.15) is 13.2 Å². The highest BCUT2D eigenvalue weighted by molar-refractivity contribution is 5.52. The molecule has 0 aromatic heterocycles. The highest BCUT2D eigenvalue weighted by atomic mass is 19.4. The van der Waals surface area contributed by atoms with Crippen LogP contribution >= 0.6 is 0 Å². The summed E-state index contributed by atoms with van der Waals surface area (Å²) in [5.41, 5.74) is 0. The summed E-state index contributed by atoms with van der Waals surface area (Å²) in [4.78, 5) is 10.1. The van der Waals surface area contributed by atoms with E-state index in [0.717, 1.165) is 18.2 Å². The molecule has 0 spiro atoms. The van der Waals surface area contributed by atoms with Crippen molar-refractivity contribution in [2.45, 2.75) is 6.18 Å². The number of hydrogen-bond acceptors (Lipinski definition) is 3. The molecular weight excluding hydrogens is 244 g/mol. The maximum atomic E-state index is 12.8. The SMILES string of the molecule is O=CCOc1cc(F)ccc1OCC(F)(F)F. The summed E-state index contributed by atoms with van der Waals surface area (Å²) in [5, 5.41) is 0. The van der Waals surface area contributed by atoms with Crippen LogP contribution in [0.5, 0.6) is 11.5 Å². The standard InChI is InChI=1S/C10H8F4O3/c11-7-1-2-8(17-6-10(12,13)14)9(5-7)16-4-3-15/h1-3,5H,4,6H2. The van der Waals surface area contributed by atoms with Gasteiger partial charge in [0.25, 0.3) is 0 Å². The van der Waals surface area contributed by atoms with Crippen LogP contribution in [0, 0.1) is 5.82 Å². The van der Waals surface area contributed by atoms with Crippen LogP contribution in [0.25, 0.3) is 0 Å². The third-order valence-electron chi connectivity index (χ3n) is 1.60. The van der Waals surface area contributed by atoms with E-state index in [2.05, 4.69) is 4.74 Å². The summed E-state index contributed by atoms with van der Waals surface area (Å²) in [6, 6.07) is 2.77. The van der Waals surface area contributed by atoms with Crippen molar-refractivity contribution in [1.29, 1.82) is 0 Å². The number of benzene rings is 1. The summed E-state index contributed by atoms with van der Waals surface area (Å²) in [5.74, 6) is -1.22. The van der Waals surface area contributed by atoms with Crippen LogP contribution in [0.15, 0.2) is 18.2 Å². The van der Waals surface area contributed by atoms with Crippen LogP contribution in [0.1, 0.15) is 0 Å². The van der Waals surface area contributed by atoms with Crippen LogP contribution in [-0.2, 0) is 4.79 Å². The van der Waals surface area contributed by atoms with Crippen molar-refractivity contribution in [3.8, 4) is 11.5 Å². The van der Waals surface area contributed by atoms with Crippen LogP contribution < -0.4 is 9.47 Å². The number of hydrogen-bond donors (Lipinski definition) is 0. The molecule has 0 amide bonds. The minimum atomic E-state index is -4.50. The molecule has 0 aliphatic heterocycles. The third kappa shape index (κ3) is 4.71. The van der Waals surface area contributed by atoms with Crippen molar-refractivity contribution < 1.29 is 31.8 Å². The molecule has 1 aromatic carbocycles. The van der Waals surface area contributed by atoms with Gasteiger partial charge in [0.2, 0.25) is 0 Å². The second kappa shape index (κ2) is 5.51. The van der Waals surface area contributed by atoms with E-state index in [1.807, 2.05) is 0 Å². The van der Waals surface area contributed by atoms with Crippen molar-refractivity contribution in [2.75, 3.05) is 13.2 Å². The van der Waals surface area contributed by atoms with E-state index in [9.17, 15) is 22.4 Å². The summed E-state index contributed by atoms with van der Waals surface area (Å²) in [6.07, 6.45) is -4.12. The molecule has 0 N–H and O–H groups in total. The molecule has 7 heteroatoms. The molecular formula is C10H8F4O3. The Balaban J connectivity index is 2.78. The van der Waals surface area contributed by atoms with Crippen LogP contribution in [0.3, 0.4) is 0 Å². The van der Waals surface area contributed by atoms with Crippen molar-refractivity contribution in [1.82, 2.24) is 0 Å². The predicted octanol–water partition coefficient (Wildman–Crippen LogP) is 2.34. The summed E-state index contributed by atoms with van der Waals surface area (Å²) >= 11 is 0. The molecule has 0 radical (unpaired) electrons. The average molecular weight is 252 g/mol. The molecule has 17 heavy (non-hydrogen) atoms. The van der Waals surface area contributed by atoms with E-state index >= 15 is 0 Å². The van der Waals surface area contributed by atoms with Gasteiger partial charge in [0.1, 0.15) is 12.4 Å². The smallest absolute Gasteiger partial charge is 0.422 e. The van der Waals surface area contributed by atoms with E-state index in [4.69, 9.17) is 4.74 Å². The lowest BCUT2D eigenvalue weighted by atomic mass is 10.3. The van der Waals surface area contributed by atoms with Gasteiger partial charge in [-0.05, 0) is 12.1 Å². The zero-order valence-electron chi connectivity index (χ0n) is 8.46. The molecule has 1 aromatic rings. The normalized spacial score (nSPS) is 11.1. The monoisotopic (exact) mass is 252 g/mol. The van der Waals surface area contributed by atoms with Gasteiger partial charge >= 0.3 is 6.18 Å². The Morgan fingerprint density at radius 2 is 1.88 bits per heavy atom. The van der Waals surface area contributed by atoms with Gasteiger partial charge in [-0.1, -0.05) is 0 Å². The Labute approximate surface area is 93.9 Å². The summed E-state index contributed by atoms with van der Waals surface area (Å²) in [7, 11) is 0. The minimum Gasteiger partial charge on any atom is -0.482 e. The number of carbonyl (C=O) groups is 1. The fourth-order valence-corrected chi connectivity index (χ4v) is 0.997. The number of aldehydes is 1. The van der Waals surface area contributed by atoms with E-state index in [1.165, 1.54) is 0 Å². The van der Waals surface area contributed by atoms with E-state index in [1.54, 1.807) is 0 Å². The highest BCUT2D eigenvalue weighted by Gasteiger charge is 2.29. The topological polar surface area (TPSA) is 35.5 Å². The average Bonchev–Trinajstić information content (AvgIpc) is 2.23. The highest BCUT2D eigenvalue weighted by Crippen LogP contribution is 2.29. The van der Waals surface area contributed by atoms with Crippen LogP contribution in [-0.4, -0.2) is 25.7 Å². The molecule has 1 rings (SSSR count). The first-order valence-electron chi connectivity index (χ1n) is 4.48. The Morgan fingerprint density at radius 1 is 1.18 bits per heavy atom. The Kier molecular flexibility index (Phi) is 4.30. The quantitative estimate of drug-likeness (QED) is 0.596. The van der Waals surface area contributed by atoms with Gasteiger partial charge in [-0.15, -0.1) is 0 Å². The Hall–Kier alpha value is -1.79. The van der Waals surface area contributed by atoms with Gasteiger partial charge in [-0.3, -0.25) is 4.79 Å². The van der Waals surface area contributed by atoms with Gasteiger partial charge in [-0.25, -0.2) is 4.39 Å². The van der Waals surface area contributed by atoms with Crippen molar-refractivity contribution in [3.05, 3.63) is 24.0 Å². The third-order valence-corrected chi connectivity index (χ3v) is 1.60. The van der Waals surface area contributed by atoms with Crippen LogP contribution in [0.2, 0.25) is 0 Å². The molecule has 0 aliphatic rings. The van der Waals surface area contributed by atoms with Gasteiger partial charge in [0.15, 0.2) is 24.4 Å². The molecule has 3 nitrogen and oxygen atoms in total. The Morgan fingerprint density at radius 3 is 2.47 bits per heavy atom. The fourth-order valence-electron chi connectivity index (χ4n) is 0.997. The maximum Gasteiger partial charge on any atom is 0.422 e. The molecule has 94 valence electrons. The first kappa shape index (κ1) is 13.3. The first-order valence-corrected chi connectivity index (χ1v) is 4.48. The molecule has 0 unspecified atom stereocenters. The lowest BCUT2D eigenvalue weighted by Crippen LogP contribution is -2.19. The largest absolute Gasteiger partial charge is 0.482 e. The van der Waals surface area contributed by atoms with Crippen molar-refractivity contribution >= 4 is 6.29 Å². The summed E-state index contributed by atoms with van der Waals surface area (Å²) in [6.45, 7) is -1.91. The Bertz CT molecular complexity index is 390. The fraction of sp³-hybridized carbons (Fsp3) is 0.300. The van der Waals surface area contributed by atoms with Gasteiger partial charge in [0.05, 0.1) is 0 Å². The van der Waals surface area contributed by atoms with E-state index in [-0.39, 0.29) is 11.5 Å². The van der Waals surface area contributed by atoms with Crippen LogP contribution in [0.4, 0.5) is 17.6 Å². The number of ether oxygens (including phenoxy) is 2. The number of carbonyl (C=O) groups excluding carboxylic acids is 1. The molecule has 0 aliphatic carbocycles. The molecule has 0 heterocycles. The zero-order chi connectivity index (χ0) is 12.9. The molecule has 0 atom stereocenters. The van der Waals surface area contributed by atoms with Gasteiger partial charge < -0.3 is 9.47 Å². The molecule has 0 saturated carbocycles. The second-order valence-electron chi connectivity index (χ2n) is 2.97. The van der Waals surface area contributed by atoms with E-state index in [0.29, 0.717) is 6.29 Å². The number of rotatable bonds is 5. The predicted molar refractivity (Wildman–Crippen MR) is 49.5 cm³/mol. The lowest BCUT2D eigenvalue weighted by Gasteiger charge is -2.12. The van der Waals surface area contributed by atoms with Gasteiger partial charge in [0, 0.05) is 6.07 Å². The molecule has 0 saturated heterocycles. The van der Waals surface area contributed by atoms with E-state index < -0.39 is 25.2 Å². The van der Waals surface area contributed by atoms with Crippen molar-refractivity contribution in [3.63, 3.8) is 0 Å². The molecule has 0 bridgehead atoms. The summed E-state index contributed by atoms with van der Waals surface area (Å²) < 4.78 is 57.7. The minimum absolute atomic E-state index is 0.249. The maximum absolute atomic E-state index is 12.8. The lowest BCUT2D eigenvalue weighted by molar-refractivity contribution is -0.153. The second-order valence-corrected chi connectivity index (χ2v) is 2.97.